The number of nitro benzene ring substituents is 1. The molecule has 0 fully saturated rings. The molecule has 0 unspecified atom stereocenters. The topological polar surface area (TPSA) is 108 Å². The predicted molar refractivity (Wildman–Crippen MR) is 117 cm³/mol. The molecule has 0 amide bonds. The van der Waals surface area contributed by atoms with Gasteiger partial charge in [0.25, 0.3) is 5.69 Å². The molecular formula is C23H24N2O7. The number of para-hydroxylation sites is 1. The van der Waals surface area contributed by atoms with Gasteiger partial charge < -0.3 is 19.1 Å². The fraction of sp³-hybridized carbons (Fsp3) is 0.304. The van der Waals surface area contributed by atoms with Gasteiger partial charge in [-0.1, -0.05) is 32.0 Å². The number of nitro groups is 1. The van der Waals surface area contributed by atoms with Crippen molar-refractivity contribution in [3.63, 3.8) is 0 Å². The van der Waals surface area contributed by atoms with Crippen molar-refractivity contribution in [1.29, 1.82) is 0 Å². The lowest BCUT2D eigenvalue weighted by Crippen LogP contribution is -2.25. The maximum absolute atomic E-state index is 12.6. The number of ketones is 1. The first kappa shape index (κ1) is 22.8. The number of ether oxygens (including phenoxy) is 3. The summed E-state index contributed by atoms with van der Waals surface area (Å²) in [6, 6.07) is 10.1. The zero-order valence-corrected chi connectivity index (χ0v) is 18.5. The van der Waals surface area contributed by atoms with Gasteiger partial charge in [0, 0.05) is 36.0 Å². The van der Waals surface area contributed by atoms with Gasteiger partial charge in [-0.25, -0.2) is 4.79 Å². The molecule has 2 aromatic carbocycles. The Morgan fingerprint density at radius 2 is 1.75 bits per heavy atom. The largest absolute Gasteiger partial charge is 0.493 e. The average molecular weight is 440 g/mol. The minimum atomic E-state index is -1.01. The van der Waals surface area contributed by atoms with E-state index in [1.807, 2.05) is 50.1 Å². The fourth-order valence-corrected chi connectivity index (χ4v) is 3.85. The van der Waals surface area contributed by atoms with E-state index < -0.39 is 34.4 Å². The van der Waals surface area contributed by atoms with Crippen LogP contribution >= 0.6 is 0 Å². The summed E-state index contributed by atoms with van der Waals surface area (Å²) in [5, 5.41) is 11.4. The van der Waals surface area contributed by atoms with Gasteiger partial charge in [0.15, 0.2) is 23.9 Å². The molecule has 0 saturated heterocycles. The van der Waals surface area contributed by atoms with E-state index in [4.69, 9.17) is 14.2 Å². The summed E-state index contributed by atoms with van der Waals surface area (Å²) in [6.45, 7) is 3.45. The Hall–Kier alpha value is -3.88. The number of carbonyl (C=O) groups is 2. The number of rotatable bonds is 7. The molecule has 9 heteroatoms. The number of fused-ring (bicyclic) bond motifs is 1. The van der Waals surface area contributed by atoms with Crippen molar-refractivity contribution < 1.29 is 28.7 Å². The lowest BCUT2D eigenvalue weighted by atomic mass is 9.83. The summed E-state index contributed by atoms with van der Waals surface area (Å²) < 4.78 is 15.2. The zero-order valence-electron chi connectivity index (χ0n) is 18.5. The molecule has 1 heterocycles. The van der Waals surface area contributed by atoms with Crippen LogP contribution in [0.4, 0.5) is 11.4 Å². The third kappa shape index (κ3) is 4.01. The number of likely N-dealkylation sites (N-methyl/N-ethyl adjacent to an activating group) is 1. The van der Waals surface area contributed by atoms with Crippen LogP contribution in [-0.4, -0.2) is 44.6 Å². The van der Waals surface area contributed by atoms with Crippen molar-refractivity contribution >= 4 is 23.1 Å². The van der Waals surface area contributed by atoms with E-state index in [0.29, 0.717) is 0 Å². The maximum Gasteiger partial charge on any atom is 0.345 e. The molecule has 0 radical (unpaired) electrons. The Bertz CT molecular complexity index is 1120. The van der Waals surface area contributed by atoms with E-state index in [9.17, 15) is 19.7 Å². The van der Waals surface area contributed by atoms with E-state index in [-0.39, 0.29) is 17.1 Å². The minimum absolute atomic E-state index is 0.0997. The van der Waals surface area contributed by atoms with Crippen LogP contribution in [0.1, 0.15) is 29.8 Å². The first-order valence-electron chi connectivity index (χ1n) is 9.77. The second kappa shape index (κ2) is 8.70. The van der Waals surface area contributed by atoms with Gasteiger partial charge in [-0.05, 0) is 11.6 Å². The Balaban J connectivity index is 1.80. The third-order valence-electron chi connectivity index (χ3n) is 5.50. The molecule has 0 spiro atoms. The van der Waals surface area contributed by atoms with Gasteiger partial charge in [-0.2, -0.15) is 0 Å². The molecule has 1 aliphatic rings. The Morgan fingerprint density at radius 1 is 1.12 bits per heavy atom. The molecule has 0 N–H and O–H groups in total. The van der Waals surface area contributed by atoms with Crippen LogP contribution in [0.15, 0.2) is 48.2 Å². The normalized spacial score (nSPS) is 15.3. The van der Waals surface area contributed by atoms with Crippen LogP contribution in [-0.2, 0) is 14.9 Å². The number of allylic oxidation sites excluding steroid dienone is 1. The zero-order chi connectivity index (χ0) is 23.6. The smallest absolute Gasteiger partial charge is 0.345 e. The van der Waals surface area contributed by atoms with Crippen LogP contribution in [0.2, 0.25) is 0 Å². The lowest BCUT2D eigenvalue weighted by Gasteiger charge is -2.23. The molecule has 3 rings (SSSR count). The summed E-state index contributed by atoms with van der Waals surface area (Å²) in [5.74, 6) is -1.22. The van der Waals surface area contributed by atoms with Crippen LogP contribution in [0, 0.1) is 10.1 Å². The summed E-state index contributed by atoms with van der Waals surface area (Å²) in [4.78, 5) is 37.7. The van der Waals surface area contributed by atoms with E-state index >= 15 is 0 Å². The first-order chi connectivity index (χ1) is 15.1. The number of methoxy groups -OCH3 is 2. The Morgan fingerprint density at radius 3 is 2.34 bits per heavy atom. The number of esters is 1. The highest BCUT2D eigenvalue weighted by molar-refractivity contribution is 5.98. The molecule has 0 aliphatic carbocycles. The van der Waals surface area contributed by atoms with Gasteiger partial charge in [0.05, 0.1) is 25.2 Å². The number of carbonyl (C=O) groups excluding carboxylic acids is 2. The number of hydrogen-bond donors (Lipinski definition) is 0. The Labute approximate surface area is 185 Å². The second-order valence-corrected chi connectivity index (χ2v) is 7.75. The van der Waals surface area contributed by atoms with Crippen molar-refractivity contribution in [2.75, 3.05) is 32.8 Å². The second-order valence-electron chi connectivity index (χ2n) is 7.75. The van der Waals surface area contributed by atoms with Crippen LogP contribution in [0.25, 0.3) is 0 Å². The van der Waals surface area contributed by atoms with Crippen LogP contribution < -0.4 is 14.4 Å². The van der Waals surface area contributed by atoms with Crippen molar-refractivity contribution in [3.05, 3.63) is 69.4 Å². The monoisotopic (exact) mass is 440 g/mol. The molecule has 0 bridgehead atoms. The van der Waals surface area contributed by atoms with E-state index in [1.54, 1.807) is 0 Å². The van der Waals surface area contributed by atoms with Crippen molar-refractivity contribution in [1.82, 2.24) is 0 Å². The standard InChI is InChI=1S/C23H24N2O7/c1-23(2)16-8-6-7-9-17(16)24(3)21(23)10-14(26)13-32-22(27)15-11-19(30-4)20(31-5)12-18(15)25(28)29/h6-12H,13H2,1-5H3/b21-10+. The molecule has 32 heavy (non-hydrogen) atoms. The number of anilines is 1. The highest BCUT2D eigenvalue weighted by atomic mass is 16.6. The van der Waals surface area contributed by atoms with Crippen LogP contribution in [0.5, 0.6) is 11.5 Å². The van der Waals surface area contributed by atoms with E-state index in [0.717, 1.165) is 29.1 Å². The Kier molecular flexibility index (Phi) is 6.20. The molecule has 2 aromatic rings. The SMILES string of the molecule is COc1cc(C(=O)OCC(=O)/C=C2/N(C)c3ccccc3C2(C)C)c([N+](=O)[O-])cc1OC. The van der Waals surface area contributed by atoms with E-state index in [2.05, 4.69) is 0 Å². The third-order valence-corrected chi connectivity index (χ3v) is 5.50. The molecule has 0 aromatic heterocycles. The first-order valence-corrected chi connectivity index (χ1v) is 9.77. The number of hydrogen-bond acceptors (Lipinski definition) is 8. The van der Waals surface area contributed by atoms with Crippen molar-refractivity contribution in [3.8, 4) is 11.5 Å². The quantitative estimate of drug-likeness (QED) is 0.278. The lowest BCUT2D eigenvalue weighted by molar-refractivity contribution is -0.385. The van der Waals surface area contributed by atoms with Crippen molar-refractivity contribution in [2.24, 2.45) is 0 Å². The fourth-order valence-electron chi connectivity index (χ4n) is 3.85. The number of nitrogens with zero attached hydrogens (tertiary/aromatic N) is 2. The van der Waals surface area contributed by atoms with Gasteiger partial charge >= 0.3 is 5.97 Å². The van der Waals surface area contributed by atoms with Crippen LogP contribution in [0.3, 0.4) is 0 Å². The molecule has 168 valence electrons. The highest BCUT2D eigenvalue weighted by Crippen LogP contribution is 2.46. The maximum atomic E-state index is 12.6. The summed E-state index contributed by atoms with van der Waals surface area (Å²) >= 11 is 0. The molecule has 9 nitrogen and oxygen atoms in total. The molecule has 0 saturated carbocycles. The minimum Gasteiger partial charge on any atom is -0.493 e. The molecule has 0 atom stereocenters. The average Bonchev–Trinajstić information content (AvgIpc) is 2.97. The van der Waals surface area contributed by atoms with Gasteiger partial charge in [0.1, 0.15) is 5.56 Å². The van der Waals surface area contributed by atoms with Gasteiger partial charge in [-0.15, -0.1) is 0 Å². The van der Waals surface area contributed by atoms with Gasteiger partial charge in [-0.3, -0.25) is 14.9 Å². The summed E-state index contributed by atoms with van der Waals surface area (Å²) in [5.41, 5.74) is 1.59. The van der Waals surface area contributed by atoms with Crippen molar-refractivity contribution in [2.45, 2.75) is 19.3 Å². The van der Waals surface area contributed by atoms with Gasteiger partial charge in [0.2, 0.25) is 0 Å². The molecular weight excluding hydrogens is 416 g/mol. The van der Waals surface area contributed by atoms with E-state index in [1.165, 1.54) is 20.3 Å². The summed E-state index contributed by atoms with van der Waals surface area (Å²) in [6.07, 6.45) is 1.44. The summed E-state index contributed by atoms with van der Waals surface area (Å²) in [7, 11) is 4.53. The number of benzene rings is 2. The predicted octanol–water partition coefficient (Wildman–Crippen LogP) is 3.65. The highest BCUT2D eigenvalue weighted by Gasteiger charge is 2.38. The molecule has 1 aliphatic heterocycles.